The van der Waals surface area contributed by atoms with Crippen LogP contribution in [0.25, 0.3) is 0 Å². The molecule has 0 radical (unpaired) electrons. The molecule has 0 saturated heterocycles. The number of benzene rings is 1. The van der Waals surface area contributed by atoms with E-state index in [1.807, 2.05) is 18.2 Å². The Morgan fingerprint density at radius 2 is 2.29 bits per heavy atom. The van der Waals surface area contributed by atoms with E-state index in [1.54, 1.807) is 7.11 Å². The second-order valence-electron chi connectivity index (χ2n) is 5.34. The van der Waals surface area contributed by atoms with Crippen LogP contribution in [0.5, 0.6) is 5.75 Å². The van der Waals surface area contributed by atoms with Gasteiger partial charge in [-0.1, -0.05) is 18.5 Å². The molecule has 17 heavy (non-hydrogen) atoms. The fourth-order valence-electron chi connectivity index (χ4n) is 2.86. The fourth-order valence-corrected chi connectivity index (χ4v) is 3.05. The first kappa shape index (κ1) is 12.7. The van der Waals surface area contributed by atoms with E-state index in [0.29, 0.717) is 0 Å². The van der Waals surface area contributed by atoms with E-state index in [9.17, 15) is 0 Å². The van der Waals surface area contributed by atoms with Gasteiger partial charge in [-0.05, 0) is 55.4 Å². The Morgan fingerprint density at radius 3 is 2.88 bits per heavy atom. The lowest BCUT2D eigenvalue weighted by atomic mass is 9.89. The average molecular weight is 254 g/mol. The summed E-state index contributed by atoms with van der Waals surface area (Å²) in [7, 11) is 1.69. The minimum absolute atomic E-state index is 0.0859. The van der Waals surface area contributed by atoms with Crippen molar-refractivity contribution in [3.05, 3.63) is 28.8 Å². The van der Waals surface area contributed by atoms with E-state index in [2.05, 4.69) is 6.92 Å². The summed E-state index contributed by atoms with van der Waals surface area (Å²) < 4.78 is 5.37. The Labute approximate surface area is 108 Å². The lowest BCUT2D eigenvalue weighted by Crippen LogP contribution is -2.39. The van der Waals surface area contributed by atoms with E-state index in [4.69, 9.17) is 22.1 Å². The molecule has 2 N–H and O–H groups in total. The SMILES string of the molecule is COc1ccc(Cl)cc1CC1(N)CCC(C)C1. The molecule has 2 unspecified atom stereocenters. The van der Waals surface area contributed by atoms with Crippen molar-refractivity contribution in [3.8, 4) is 5.75 Å². The number of nitrogens with two attached hydrogens (primary N) is 1. The fraction of sp³-hybridized carbons (Fsp3) is 0.571. The van der Waals surface area contributed by atoms with E-state index in [0.717, 1.165) is 41.5 Å². The first-order valence-corrected chi connectivity index (χ1v) is 6.51. The van der Waals surface area contributed by atoms with Crippen LogP contribution in [0, 0.1) is 5.92 Å². The third-order valence-electron chi connectivity index (χ3n) is 3.67. The smallest absolute Gasteiger partial charge is 0.122 e. The number of rotatable bonds is 3. The molecule has 0 amide bonds. The highest BCUT2D eigenvalue weighted by atomic mass is 35.5. The van der Waals surface area contributed by atoms with Gasteiger partial charge < -0.3 is 10.5 Å². The molecule has 0 aliphatic heterocycles. The summed E-state index contributed by atoms with van der Waals surface area (Å²) in [4.78, 5) is 0. The maximum atomic E-state index is 6.46. The molecule has 2 atom stereocenters. The number of hydrogen-bond donors (Lipinski definition) is 1. The third kappa shape index (κ3) is 2.93. The zero-order valence-electron chi connectivity index (χ0n) is 10.5. The van der Waals surface area contributed by atoms with Crippen LogP contribution < -0.4 is 10.5 Å². The van der Waals surface area contributed by atoms with Crippen molar-refractivity contribution in [1.29, 1.82) is 0 Å². The van der Waals surface area contributed by atoms with Gasteiger partial charge >= 0.3 is 0 Å². The molecule has 0 bridgehead atoms. The average Bonchev–Trinajstić information content (AvgIpc) is 2.59. The molecule has 0 heterocycles. The third-order valence-corrected chi connectivity index (χ3v) is 3.91. The largest absolute Gasteiger partial charge is 0.496 e. The predicted molar refractivity (Wildman–Crippen MR) is 71.6 cm³/mol. The Bertz CT molecular complexity index is 407. The van der Waals surface area contributed by atoms with Crippen molar-refractivity contribution in [2.24, 2.45) is 11.7 Å². The lowest BCUT2D eigenvalue weighted by Gasteiger charge is -2.25. The van der Waals surface area contributed by atoms with E-state index >= 15 is 0 Å². The van der Waals surface area contributed by atoms with E-state index in [-0.39, 0.29) is 5.54 Å². The summed E-state index contributed by atoms with van der Waals surface area (Å²) in [5.74, 6) is 1.61. The molecule has 1 aliphatic rings. The molecule has 0 spiro atoms. The molecule has 1 fully saturated rings. The van der Waals surface area contributed by atoms with Gasteiger partial charge in [0.2, 0.25) is 0 Å². The van der Waals surface area contributed by atoms with Crippen LogP contribution in [-0.4, -0.2) is 12.6 Å². The Kier molecular flexibility index (Phi) is 3.64. The van der Waals surface area contributed by atoms with Crippen LogP contribution >= 0.6 is 11.6 Å². The standard InChI is InChI=1S/C14H20ClNO/c1-10-5-6-14(16,8-10)9-11-7-12(15)3-4-13(11)17-2/h3-4,7,10H,5-6,8-9,16H2,1-2H3. The van der Waals surface area contributed by atoms with Crippen LogP contribution in [0.3, 0.4) is 0 Å². The quantitative estimate of drug-likeness (QED) is 0.896. The summed E-state index contributed by atoms with van der Waals surface area (Å²) in [5, 5.41) is 0.746. The second-order valence-corrected chi connectivity index (χ2v) is 5.78. The van der Waals surface area contributed by atoms with E-state index in [1.165, 1.54) is 6.42 Å². The van der Waals surface area contributed by atoms with Crippen molar-refractivity contribution >= 4 is 11.6 Å². The van der Waals surface area contributed by atoms with Gasteiger partial charge in [0.25, 0.3) is 0 Å². The molecular weight excluding hydrogens is 234 g/mol. The van der Waals surface area contributed by atoms with Crippen molar-refractivity contribution in [2.45, 2.75) is 38.1 Å². The zero-order chi connectivity index (χ0) is 12.5. The molecule has 3 heteroatoms. The van der Waals surface area contributed by atoms with Crippen molar-refractivity contribution < 1.29 is 4.74 Å². The van der Waals surface area contributed by atoms with Crippen molar-refractivity contribution in [1.82, 2.24) is 0 Å². The number of methoxy groups -OCH3 is 1. The Morgan fingerprint density at radius 1 is 1.53 bits per heavy atom. The molecular formula is C14H20ClNO. The van der Waals surface area contributed by atoms with Gasteiger partial charge in [0.15, 0.2) is 0 Å². The summed E-state index contributed by atoms with van der Waals surface area (Å²) in [5.41, 5.74) is 7.49. The molecule has 94 valence electrons. The minimum Gasteiger partial charge on any atom is -0.496 e. The van der Waals surface area contributed by atoms with Crippen LogP contribution in [0.1, 0.15) is 31.7 Å². The Hall–Kier alpha value is -0.730. The summed E-state index contributed by atoms with van der Waals surface area (Å²) in [6.07, 6.45) is 4.24. The first-order chi connectivity index (χ1) is 8.02. The first-order valence-electron chi connectivity index (χ1n) is 6.14. The zero-order valence-corrected chi connectivity index (χ0v) is 11.3. The van der Waals surface area contributed by atoms with Gasteiger partial charge in [-0.25, -0.2) is 0 Å². The summed E-state index contributed by atoms with van der Waals surface area (Å²) in [6, 6.07) is 5.74. The second kappa shape index (κ2) is 4.87. The topological polar surface area (TPSA) is 35.2 Å². The maximum absolute atomic E-state index is 6.46. The molecule has 0 aromatic heterocycles. The van der Waals surface area contributed by atoms with Gasteiger partial charge in [-0.2, -0.15) is 0 Å². The summed E-state index contributed by atoms with van der Waals surface area (Å²) in [6.45, 7) is 2.27. The maximum Gasteiger partial charge on any atom is 0.122 e. The number of ether oxygens (including phenoxy) is 1. The molecule has 1 aliphatic carbocycles. The molecule has 2 rings (SSSR count). The lowest BCUT2D eigenvalue weighted by molar-refractivity contribution is 0.385. The molecule has 1 aromatic carbocycles. The normalized spacial score (nSPS) is 28.4. The highest BCUT2D eigenvalue weighted by Crippen LogP contribution is 2.37. The van der Waals surface area contributed by atoms with E-state index < -0.39 is 0 Å². The molecule has 2 nitrogen and oxygen atoms in total. The van der Waals surface area contributed by atoms with Gasteiger partial charge in [0.05, 0.1) is 7.11 Å². The number of hydrogen-bond acceptors (Lipinski definition) is 2. The minimum atomic E-state index is -0.0859. The Balaban J connectivity index is 2.20. The van der Waals surface area contributed by atoms with Crippen LogP contribution in [0.4, 0.5) is 0 Å². The van der Waals surface area contributed by atoms with Crippen LogP contribution in [0.15, 0.2) is 18.2 Å². The predicted octanol–water partition coefficient (Wildman–Crippen LogP) is 3.41. The van der Waals surface area contributed by atoms with Crippen LogP contribution in [0.2, 0.25) is 5.02 Å². The van der Waals surface area contributed by atoms with Gasteiger partial charge in [-0.15, -0.1) is 0 Å². The highest BCUT2D eigenvalue weighted by Gasteiger charge is 2.34. The summed E-state index contributed by atoms with van der Waals surface area (Å²) >= 11 is 6.04. The monoisotopic (exact) mass is 253 g/mol. The number of halogens is 1. The van der Waals surface area contributed by atoms with Crippen LogP contribution in [-0.2, 0) is 6.42 Å². The molecule has 1 saturated carbocycles. The van der Waals surface area contributed by atoms with Crippen molar-refractivity contribution in [2.75, 3.05) is 7.11 Å². The van der Waals surface area contributed by atoms with Gasteiger partial charge in [0.1, 0.15) is 5.75 Å². The highest BCUT2D eigenvalue weighted by molar-refractivity contribution is 6.30. The van der Waals surface area contributed by atoms with Crippen molar-refractivity contribution in [3.63, 3.8) is 0 Å². The van der Waals surface area contributed by atoms with Gasteiger partial charge in [0, 0.05) is 10.6 Å². The van der Waals surface area contributed by atoms with Gasteiger partial charge in [-0.3, -0.25) is 0 Å². The molecule has 1 aromatic rings.